The summed E-state index contributed by atoms with van der Waals surface area (Å²) in [7, 11) is 1.48. The molecule has 0 spiro atoms. The number of ether oxygens (including phenoxy) is 1. The molecule has 1 aliphatic rings. The zero-order valence-corrected chi connectivity index (χ0v) is 21.7. The summed E-state index contributed by atoms with van der Waals surface area (Å²) in [5.74, 6) is -2.83. The van der Waals surface area contributed by atoms with Crippen molar-refractivity contribution in [1.29, 1.82) is 0 Å². The first-order chi connectivity index (χ1) is 17.3. The van der Waals surface area contributed by atoms with Crippen LogP contribution in [0.5, 0.6) is 5.75 Å². The number of fused-ring (bicyclic) bond motifs is 1. The smallest absolute Gasteiger partial charge is 0.303 e. The van der Waals surface area contributed by atoms with E-state index >= 15 is 0 Å². The number of carbonyl (C=O) groups is 1. The number of thioether (sulfide) groups is 1. The predicted molar refractivity (Wildman–Crippen MR) is 139 cm³/mol. The third-order valence-electron chi connectivity index (χ3n) is 6.85. The number of hydrogen-bond acceptors (Lipinski definition) is 8. The highest BCUT2D eigenvalue weighted by Crippen LogP contribution is 2.38. The monoisotopic (exact) mass is 534 g/mol. The summed E-state index contributed by atoms with van der Waals surface area (Å²) in [5.41, 5.74) is 0.196. The van der Waals surface area contributed by atoms with E-state index in [4.69, 9.17) is 4.74 Å². The number of nitrogens with zero attached hydrogens (tertiary/aromatic N) is 2. The molecule has 1 saturated heterocycles. The normalized spacial score (nSPS) is 19.0. The van der Waals surface area contributed by atoms with Gasteiger partial charge < -0.3 is 25.0 Å². The molecule has 7 nitrogen and oxygen atoms in total. The number of pyridine rings is 1. The topological polar surface area (TPSA) is 103 Å². The second-order valence-electron chi connectivity index (χ2n) is 9.21. The molecule has 36 heavy (non-hydrogen) atoms. The third-order valence-corrected chi connectivity index (χ3v) is 8.96. The van der Waals surface area contributed by atoms with Gasteiger partial charge in [-0.2, -0.15) is 0 Å². The van der Waals surface area contributed by atoms with Gasteiger partial charge in [0.1, 0.15) is 5.75 Å². The van der Waals surface area contributed by atoms with Gasteiger partial charge in [0.15, 0.2) is 11.6 Å². The van der Waals surface area contributed by atoms with Crippen molar-refractivity contribution in [3.8, 4) is 5.75 Å². The highest BCUT2D eigenvalue weighted by molar-refractivity contribution is 8.01. The summed E-state index contributed by atoms with van der Waals surface area (Å²) in [6, 6.07) is 8.98. The molecule has 3 N–H and O–H groups in total. The second-order valence-corrected chi connectivity index (χ2v) is 11.6. The maximum absolute atomic E-state index is 14.8. The molecule has 2 atom stereocenters. The number of hydrogen-bond donors (Lipinski definition) is 3. The fourth-order valence-electron chi connectivity index (χ4n) is 5.01. The number of methoxy groups -OCH3 is 1. The number of thiophene rings is 1. The maximum atomic E-state index is 14.8. The van der Waals surface area contributed by atoms with E-state index in [-0.39, 0.29) is 35.6 Å². The van der Waals surface area contributed by atoms with Gasteiger partial charge in [0, 0.05) is 37.1 Å². The summed E-state index contributed by atoms with van der Waals surface area (Å²) in [6.07, 6.45) is 2.02. The molecule has 2 unspecified atom stereocenters. The summed E-state index contributed by atoms with van der Waals surface area (Å²) >= 11 is 3.51. The Morgan fingerprint density at radius 2 is 2.17 bits per heavy atom. The molecule has 4 rings (SSSR count). The fourth-order valence-corrected chi connectivity index (χ4v) is 6.87. The number of aliphatic hydroxyl groups is 2. The van der Waals surface area contributed by atoms with Crippen LogP contribution in [0.4, 0.5) is 4.39 Å². The van der Waals surface area contributed by atoms with E-state index in [1.165, 1.54) is 11.3 Å². The number of carboxylic acids is 1. The summed E-state index contributed by atoms with van der Waals surface area (Å²) < 4.78 is 21.3. The van der Waals surface area contributed by atoms with Crippen LogP contribution < -0.4 is 4.74 Å². The number of rotatable bonds is 11. The Kier molecular flexibility index (Phi) is 8.84. The third kappa shape index (κ3) is 6.54. The highest BCUT2D eigenvalue weighted by atomic mass is 32.2. The summed E-state index contributed by atoms with van der Waals surface area (Å²) in [5, 5.41) is 33.8. The maximum Gasteiger partial charge on any atom is 0.303 e. The minimum absolute atomic E-state index is 0.00771. The van der Waals surface area contributed by atoms with Crippen LogP contribution >= 0.6 is 23.1 Å². The minimum atomic E-state index is -2.43. The van der Waals surface area contributed by atoms with Gasteiger partial charge in [0.2, 0.25) is 0 Å². The lowest BCUT2D eigenvalue weighted by Crippen LogP contribution is -2.43. The average molecular weight is 535 g/mol. The largest absolute Gasteiger partial charge is 0.497 e. The van der Waals surface area contributed by atoms with Gasteiger partial charge in [-0.15, -0.1) is 23.1 Å². The van der Waals surface area contributed by atoms with Gasteiger partial charge in [-0.3, -0.25) is 9.78 Å². The quantitative estimate of drug-likeness (QED) is 0.243. The summed E-state index contributed by atoms with van der Waals surface area (Å²) in [4.78, 5) is 17.9. The van der Waals surface area contributed by atoms with Gasteiger partial charge >= 0.3 is 5.97 Å². The summed E-state index contributed by atoms with van der Waals surface area (Å²) in [6.45, 7) is 2.33. The SMILES string of the molecule is COc1ccc2ncc(F)c(C(O)(O)CCC3CCN(CCSc4cccs4)CC3CC(=O)O)c2c1. The number of likely N-dealkylation sites (tertiary alicyclic amines) is 1. The molecule has 1 fully saturated rings. The van der Waals surface area contributed by atoms with Crippen molar-refractivity contribution in [3.63, 3.8) is 0 Å². The van der Waals surface area contributed by atoms with Crippen LogP contribution in [-0.2, 0) is 10.6 Å². The molecule has 1 aliphatic heterocycles. The van der Waals surface area contributed by atoms with Crippen molar-refractivity contribution < 1.29 is 29.2 Å². The van der Waals surface area contributed by atoms with Crippen LogP contribution in [0.1, 0.15) is 31.2 Å². The first-order valence-electron chi connectivity index (χ1n) is 11.9. The van der Waals surface area contributed by atoms with Gasteiger partial charge in [-0.25, -0.2) is 4.39 Å². The molecule has 3 heterocycles. The first-order valence-corrected chi connectivity index (χ1v) is 13.8. The predicted octanol–water partition coefficient (Wildman–Crippen LogP) is 4.57. The lowest BCUT2D eigenvalue weighted by atomic mass is 9.79. The minimum Gasteiger partial charge on any atom is -0.497 e. The molecular formula is C26H31FN2O5S2. The number of benzene rings is 1. The van der Waals surface area contributed by atoms with Crippen molar-refractivity contribution in [2.24, 2.45) is 11.8 Å². The lowest BCUT2D eigenvalue weighted by molar-refractivity contribution is -0.179. The number of aliphatic carboxylic acids is 1. The molecule has 3 aromatic rings. The molecule has 0 bridgehead atoms. The molecule has 10 heteroatoms. The molecule has 0 amide bonds. The first kappa shape index (κ1) is 26.8. The molecule has 194 valence electrons. The van der Waals surface area contributed by atoms with Crippen LogP contribution in [0.15, 0.2) is 46.1 Å². The molecule has 0 aliphatic carbocycles. The molecule has 0 radical (unpaired) electrons. The van der Waals surface area contributed by atoms with Gasteiger partial charge in [-0.05, 0) is 60.9 Å². The zero-order valence-electron chi connectivity index (χ0n) is 20.1. The molecule has 1 aromatic carbocycles. The molecule has 2 aromatic heterocycles. The highest BCUT2D eigenvalue weighted by Gasteiger charge is 2.36. The Bertz CT molecular complexity index is 1170. The average Bonchev–Trinajstić information content (AvgIpc) is 3.36. The van der Waals surface area contributed by atoms with Crippen LogP contribution in [0.3, 0.4) is 0 Å². The van der Waals surface area contributed by atoms with Crippen molar-refractivity contribution in [1.82, 2.24) is 9.88 Å². The van der Waals surface area contributed by atoms with E-state index in [2.05, 4.69) is 21.3 Å². The van der Waals surface area contributed by atoms with E-state index < -0.39 is 17.6 Å². The number of carboxylic acid groups (broad SMARTS) is 1. The fraction of sp³-hybridized carbons (Fsp3) is 0.462. The Labute approximate surface area is 217 Å². The number of aromatic nitrogens is 1. The van der Waals surface area contributed by atoms with Crippen LogP contribution in [0.2, 0.25) is 0 Å². The van der Waals surface area contributed by atoms with E-state index in [0.717, 1.165) is 31.5 Å². The number of piperidine rings is 1. The Balaban J connectivity index is 1.43. The van der Waals surface area contributed by atoms with Gasteiger partial charge in [0.25, 0.3) is 0 Å². The van der Waals surface area contributed by atoms with Crippen LogP contribution in [-0.4, -0.2) is 63.7 Å². The van der Waals surface area contributed by atoms with Crippen LogP contribution in [0, 0.1) is 17.7 Å². The van der Waals surface area contributed by atoms with Crippen molar-refractivity contribution in [3.05, 3.63) is 53.3 Å². The zero-order chi connectivity index (χ0) is 25.7. The van der Waals surface area contributed by atoms with Crippen molar-refractivity contribution >= 4 is 40.0 Å². The number of halogens is 1. The van der Waals surface area contributed by atoms with E-state index in [0.29, 0.717) is 24.2 Å². The molecular weight excluding hydrogens is 503 g/mol. The molecule has 0 saturated carbocycles. The lowest BCUT2D eigenvalue weighted by Gasteiger charge is -2.39. The van der Waals surface area contributed by atoms with Gasteiger partial charge in [-0.1, -0.05) is 6.07 Å². The Hall–Kier alpha value is -2.24. The van der Waals surface area contributed by atoms with Crippen LogP contribution in [0.25, 0.3) is 10.9 Å². The van der Waals surface area contributed by atoms with E-state index in [9.17, 15) is 24.5 Å². The van der Waals surface area contributed by atoms with E-state index in [1.54, 1.807) is 41.3 Å². The second kappa shape index (κ2) is 11.9. The standard InChI is InChI=1S/C26H31FN2O5S2/c1-34-19-4-5-22-20(14-19)25(21(27)15-28-22)26(32,33)8-6-17-7-9-29(16-18(17)13-23(30)31)10-12-36-24-3-2-11-35-24/h2-5,11,14-15,17-18,32-33H,6-10,12-13,16H2,1H3,(H,30,31). The van der Waals surface area contributed by atoms with Crippen molar-refractivity contribution in [2.45, 2.75) is 35.7 Å². The van der Waals surface area contributed by atoms with Gasteiger partial charge in [0.05, 0.1) is 28.6 Å². The van der Waals surface area contributed by atoms with Crippen molar-refractivity contribution in [2.75, 3.05) is 32.5 Å². The van der Waals surface area contributed by atoms with E-state index in [1.807, 2.05) is 6.07 Å². The Morgan fingerprint density at radius 3 is 2.89 bits per heavy atom. The Morgan fingerprint density at radius 1 is 1.33 bits per heavy atom.